The summed E-state index contributed by atoms with van der Waals surface area (Å²) in [5, 5.41) is 0. The molecule has 2 aliphatic carbocycles. The number of carbonyl (C=O) groups excluding carboxylic acids is 1. The molecule has 2 N–H and O–H groups in total. The number of benzene rings is 1. The number of ether oxygens (including phenoxy) is 1. The molecule has 1 aromatic rings. The molecule has 25 heavy (non-hydrogen) atoms. The first-order chi connectivity index (χ1) is 12.2. The van der Waals surface area contributed by atoms with Crippen molar-refractivity contribution in [3.8, 4) is 0 Å². The predicted molar refractivity (Wildman–Crippen MR) is 98.1 cm³/mol. The maximum atomic E-state index is 11.6. The molecule has 2 atom stereocenters. The zero-order valence-electron chi connectivity index (χ0n) is 14.6. The molecule has 132 valence electrons. The van der Waals surface area contributed by atoms with Gasteiger partial charge in [-0.15, -0.1) is 0 Å². The van der Waals surface area contributed by atoms with Crippen molar-refractivity contribution in [2.45, 2.75) is 31.2 Å². The number of morpholine rings is 1. The average Bonchev–Trinajstić information content (AvgIpc) is 2.68. The third kappa shape index (κ3) is 3.05. The fourth-order valence-electron chi connectivity index (χ4n) is 4.73. The van der Waals surface area contributed by atoms with Crippen LogP contribution in [0.25, 0.3) is 0 Å². The number of hydrogen-bond donors (Lipinski definition) is 1. The normalized spacial score (nSPS) is 29.8. The first kappa shape index (κ1) is 16.6. The minimum atomic E-state index is -0.333. The minimum Gasteiger partial charge on any atom is -0.379 e. The van der Waals surface area contributed by atoms with E-state index in [2.05, 4.69) is 35.2 Å². The number of nitrogens with zero attached hydrogens (tertiary/aromatic N) is 1. The lowest BCUT2D eigenvalue weighted by atomic mass is 9.68. The van der Waals surface area contributed by atoms with Crippen molar-refractivity contribution in [1.82, 2.24) is 4.90 Å². The molecule has 1 amide bonds. The van der Waals surface area contributed by atoms with E-state index in [0.29, 0.717) is 11.5 Å². The van der Waals surface area contributed by atoms with Gasteiger partial charge in [0.25, 0.3) is 0 Å². The fraction of sp³-hybridized carbons (Fsp3) is 0.476. The zero-order valence-corrected chi connectivity index (χ0v) is 14.6. The van der Waals surface area contributed by atoms with Crippen LogP contribution in [0.1, 0.15) is 24.0 Å². The minimum absolute atomic E-state index is 0.0315. The highest BCUT2D eigenvalue weighted by atomic mass is 16.5. The van der Waals surface area contributed by atoms with Crippen LogP contribution in [0, 0.1) is 5.92 Å². The topological polar surface area (TPSA) is 55.6 Å². The van der Waals surface area contributed by atoms with Crippen molar-refractivity contribution in [1.29, 1.82) is 0 Å². The standard InChI is InChI=1S/C21H26N2O2/c22-20(24)17-7-9-21(10-8-17,23-11-13-25-14-12-23)19-6-5-16-3-1-2-4-18(16)15-19/h1-4,7-9,19H,5-6,10-15H2,(H2,22,24). The lowest BCUT2D eigenvalue weighted by molar-refractivity contribution is -0.114. The third-order valence-electron chi connectivity index (χ3n) is 6.14. The molecule has 0 bridgehead atoms. The molecular weight excluding hydrogens is 312 g/mol. The van der Waals surface area contributed by atoms with Crippen molar-refractivity contribution in [3.05, 3.63) is 59.2 Å². The SMILES string of the molecule is NC(=O)C1=CCC(C2CCc3ccccc3C2)(N2CCOCC2)C=C1. The monoisotopic (exact) mass is 338 g/mol. The molecule has 4 rings (SSSR count). The lowest BCUT2D eigenvalue weighted by Crippen LogP contribution is -2.58. The summed E-state index contributed by atoms with van der Waals surface area (Å²) in [5.41, 5.74) is 9.06. The quantitative estimate of drug-likeness (QED) is 0.919. The molecule has 1 saturated heterocycles. The van der Waals surface area contributed by atoms with Crippen molar-refractivity contribution < 1.29 is 9.53 Å². The summed E-state index contributed by atoms with van der Waals surface area (Å²) in [5.74, 6) is 0.211. The van der Waals surface area contributed by atoms with Crippen LogP contribution in [-0.4, -0.2) is 42.6 Å². The van der Waals surface area contributed by atoms with Gasteiger partial charge in [-0.3, -0.25) is 9.69 Å². The second-order valence-corrected chi connectivity index (χ2v) is 7.36. The number of nitrogens with two attached hydrogens (primary N) is 1. The summed E-state index contributed by atoms with van der Waals surface area (Å²) in [6, 6.07) is 8.81. The van der Waals surface area contributed by atoms with E-state index < -0.39 is 0 Å². The lowest BCUT2D eigenvalue weighted by Gasteiger charge is -2.50. The van der Waals surface area contributed by atoms with Gasteiger partial charge in [0.1, 0.15) is 0 Å². The molecule has 0 aromatic heterocycles. The van der Waals surface area contributed by atoms with E-state index in [1.54, 1.807) is 0 Å². The Morgan fingerprint density at radius 1 is 1.20 bits per heavy atom. The van der Waals surface area contributed by atoms with Crippen molar-refractivity contribution in [2.75, 3.05) is 26.3 Å². The summed E-state index contributed by atoms with van der Waals surface area (Å²) < 4.78 is 5.58. The van der Waals surface area contributed by atoms with Gasteiger partial charge < -0.3 is 10.5 Å². The Kier molecular flexibility index (Phi) is 4.48. The number of carbonyl (C=O) groups is 1. The summed E-state index contributed by atoms with van der Waals surface area (Å²) in [6.07, 6.45) is 10.5. The van der Waals surface area contributed by atoms with Gasteiger partial charge in [-0.2, -0.15) is 0 Å². The van der Waals surface area contributed by atoms with Gasteiger partial charge in [0.2, 0.25) is 5.91 Å². The smallest absolute Gasteiger partial charge is 0.248 e. The number of rotatable bonds is 3. The highest BCUT2D eigenvalue weighted by Crippen LogP contribution is 2.42. The molecule has 0 saturated carbocycles. The van der Waals surface area contributed by atoms with Gasteiger partial charge in [0.15, 0.2) is 0 Å². The molecule has 0 radical (unpaired) electrons. The van der Waals surface area contributed by atoms with Crippen molar-refractivity contribution in [3.63, 3.8) is 0 Å². The Morgan fingerprint density at radius 2 is 1.96 bits per heavy atom. The first-order valence-corrected chi connectivity index (χ1v) is 9.28. The predicted octanol–water partition coefficient (Wildman–Crippen LogP) is 2.23. The van der Waals surface area contributed by atoms with Crippen LogP contribution in [0.2, 0.25) is 0 Å². The number of hydrogen-bond acceptors (Lipinski definition) is 3. The van der Waals surface area contributed by atoms with Gasteiger partial charge in [0.05, 0.1) is 13.2 Å². The van der Waals surface area contributed by atoms with Crippen LogP contribution in [0.15, 0.2) is 48.1 Å². The summed E-state index contributed by atoms with van der Waals surface area (Å²) >= 11 is 0. The maximum absolute atomic E-state index is 11.6. The second-order valence-electron chi connectivity index (χ2n) is 7.36. The molecule has 1 heterocycles. The van der Waals surface area contributed by atoms with Gasteiger partial charge >= 0.3 is 0 Å². The van der Waals surface area contributed by atoms with E-state index in [4.69, 9.17) is 10.5 Å². The van der Waals surface area contributed by atoms with E-state index in [1.165, 1.54) is 17.5 Å². The number of primary amides is 1. The van der Waals surface area contributed by atoms with E-state index in [-0.39, 0.29) is 11.4 Å². The van der Waals surface area contributed by atoms with Crippen LogP contribution < -0.4 is 5.73 Å². The Balaban J connectivity index is 1.65. The van der Waals surface area contributed by atoms with E-state index in [1.807, 2.05) is 12.2 Å². The molecule has 1 aliphatic heterocycles. The Bertz CT molecular complexity index is 718. The Hall–Kier alpha value is -1.91. The van der Waals surface area contributed by atoms with Crippen LogP contribution >= 0.6 is 0 Å². The highest BCUT2D eigenvalue weighted by Gasteiger charge is 2.43. The fourth-order valence-corrected chi connectivity index (χ4v) is 4.73. The van der Waals surface area contributed by atoms with E-state index in [9.17, 15) is 4.79 Å². The second kappa shape index (κ2) is 6.77. The number of fused-ring (bicyclic) bond motifs is 1. The third-order valence-corrected chi connectivity index (χ3v) is 6.14. The van der Waals surface area contributed by atoms with E-state index in [0.717, 1.165) is 45.6 Å². The summed E-state index contributed by atoms with van der Waals surface area (Å²) in [4.78, 5) is 14.1. The van der Waals surface area contributed by atoms with Crippen LogP contribution in [0.4, 0.5) is 0 Å². The molecule has 0 spiro atoms. The van der Waals surface area contributed by atoms with Gasteiger partial charge in [-0.25, -0.2) is 0 Å². The largest absolute Gasteiger partial charge is 0.379 e. The van der Waals surface area contributed by atoms with Gasteiger partial charge in [-0.1, -0.05) is 42.5 Å². The molecule has 1 fully saturated rings. The molecule has 1 aromatic carbocycles. The highest BCUT2D eigenvalue weighted by molar-refractivity contribution is 5.95. The molecule has 4 heteroatoms. The van der Waals surface area contributed by atoms with Gasteiger partial charge in [-0.05, 0) is 42.7 Å². The summed E-state index contributed by atoms with van der Waals surface area (Å²) in [6.45, 7) is 3.46. The summed E-state index contributed by atoms with van der Waals surface area (Å²) in [7, 11) is 0. The molecular formula is C21H26N2O2. The number of amides is 1. The van der Waals surface area contributed by atoms with Crippen LogP contribution in [-0.2, 0) is 22.4 Å². The van der Waals surface area contributed by atoms with E-state index >= 15 is 0 Å². The first-order valence-electron chi connectivity index (χ1n) is 9.28. The Morgan fingerprint density at radius 3 is 2.64 bits per heavy atom. The Labute approximate surface area is 149 Å². The molecule has 2 unspecified atom stereocenters. The molecule has 4 nitrogen and oxygen atoms in total. The average molecular weight is 338 g/mol. The van der Waals surface area contributed by atoms with Crippen molar-refractivity contribution >= 4 is 5.91 Å². The number of aryl methyl sites for hydroxylation is 1. The van der Waals surface area contributed by atoms with Crippen LogP contribution in [0.5, 0.6) is 0 Å². The maximum Gasteiger partial charge on any atom is 0.248 e. The molecule has 3 aliphatic rings. The zero-order chi connectivity index (χ0) is 17.3. The van der Waals surface area contributed by atoms with Crippen molar-refractivity contribution in [2.24, 2.45) is 11.7 Å². The van der Waals surface area contributed by atoms with Gasteiger partial charge in [0, 0.05) is 24.2 Å². The van der Waals surface area contributed by atoms with Crippen LogP contribution in [0.3, 0.4) is 0 Å².